The highest BCUT2D eigenvalue weighted by Crippen LogP contribution is 2.18. The van der Waals surface area contributed by atoms with Crippen molar-refractivity contribution in [1.82, 2.24) is 19.8 Å². The molecule has 1 aromatic rings. The Balaban J connectivity index is 1.98. The number of nitrogens with zero attached hydrogens (tertiary/aromatic N) is 4. The molecule has 0 saturated carbocycles. The van der Waals surface area contributed by atoms with Crippen molar-refractivity contribution in [2.24, 2.45) is 0 Å². The fraction of sp³-hybridized carbons (Fsp3) is 0.714. The lowest BCUT2D eigenvalue weighted by molar-refractivity contribution is 0.122. The van der Waals surface area contributed by atoms with Gasteiger partial charge >= 0.3 is 0 Å². The normalized spacial score (nSPS) is 20.9. The van der Waals surface area contributed by atoms with E-state index in [-0.39, 0.29) is 0 Å². The number of nitrogens with one attached hydrogen (secondary N) is 2. The van der Waals surface area contributed by atoms with E-state index in [1.807, 2.05) is 0 Å². The van der Waals surface area contributed by atoms with Gasteiger partial charge in [0.1, 0.15) is 18.0 Å². The number of rotatable bonds is 5. The molecular formula is C14H26N6. The van der Waals surface area contributed by atoms with Crippen LogP contribution in [-0.2, 0) is 0 Å². The van der Waals surface area contributed by atoms with Gasteiger partial charge in [-0.1, -0.05) is 0 Å². The first-order valence-corrected chi connectivity index (χ1v) is 7.30. The van der Waals surface area contributed by atoms with Gasteiger partial charge in [-0.05, 0) is 27.9 Å². The van der Waals surface area contributed by atoms with Gasteiger partial charge in [0.15, 0.2) is 0 Å². The van der Waals surface area contributed by atoms with Crippen molar-refractivity contribution in [3.63, 3.8) is 0 Å². The Hall–Kier alpha value is -1.40. The lowest BCUT2D eigenvalue weighted by Gasteiger charge is -2.37. The average Bonchev–Trinajstić information content (AvgIpc) is 2.43. The van der Waals surface area contributed by atoms with E-state index in [1.54, 1.807) is 6.33 Å². The minimum atomic E-state index is 0.519. The lowest BCUT2D eigenvalue weighted by atomic mass is 10.2. The third-order valence-electron chi connectivity index (χ3n) is 3.91. The maximum absolute atomic E-state index is 4.36. The Kier molecular flexibility index (Phi) is 5.14. The third kappa shape index (κ3) is 3.58. The van der Waals surface area contributed by atoms with Crippen LogP contribution in [0.3, 0.4) is 0 Å². The summed E-state index contributed by atoms with van der Waals surface area (Å²) in [6, 6.07) is 0.519. The van der Waals surface area contributed by atoms with Crippen molar-refractivity contribution >= 4 is 11.6 Å². The standard InChI is InChI=1S/C14H26N6/c1-5-15-13-11(2)14(18-10-17-13)16-8-12-9-19(3)6-7-20(12)4/h10,12H,5-9H2,1-4H3,(H2,15,16,17,18). The summed E-state index contributed by atoms with van der Waals surface area (Å²) in [6.45, 7) is 9.25. The Bertz CT molecular complexity index is 436. The monoisotopic (exact) mass is 278 g/mol. The zero-order chi connectivity index (χ0) is 14.5. The predicted molar refractivity (Wildman–Crippen MR) is 83.3 cm³/mol. The van der Waals surface area contributed by atoms with Crippen LogP contribution in [0.5, 0.6) is 0 Å². The minimum absolute atomic E-state index is 0.519. The van der Waals surface area contributed by atoms with Gasteiger partial charge in [0.2, 0.25) is 0 Å². The molecule has 0 aliphatic carbocycles. The van der Waals surface area contributed by atoms with Crippen molar-refractivity contribution in [2.75, 3.05) is 57.5 Å². The summed E-state index contributed by atoms with van der Waals surface area (Å²) < 4.78 is 0. The SMILES string of the molecule is CCNc1ncnc(NCC2CN(C)CCN2C)c1C. The Morgan fingerprint density at radius 1 is 1.20 bits per heavy atom. The second-order valence-corrected chi connectivity index (χ2v) is 5.50. The van der Waals surface area contributed by atoms with Gasteiger partial charge in [-0.3, -0.25) is 4.90 Å². The molecule has 0 amide bonds. The molecule has 1 fully saturated rings. The Morgan fingerprint density at radius 3 is 2.60 bits per heavy atom. The van der Waals surface area contributed by atoms with E-state index in [2.05, 4.69) is 58.3 Å². The molecule has 2 rings (SSSR count). The average molecular weight is 278 g/mol. The topological polar surface area (TPSA) is 56.3 Å². The fourth-order valence-electron chi connectivity index (χ4n) is 2.51. The maximum Gasteiger partial charge on any atom is 0.134 e. The minimum Gasteiger partial charge on any atom is -0.370 e. The molecule has 0 radical (unpaired) electrons. The maximum atomic E-state index is 4.36. The van der Waals surface area contributed by atoms with Crippen LogP contribution in [0.1, 0.15) is 12.5 Å². The molecule has 1 aliphatic rings. The van der Waals surface area contributed by atoms with Crippen LogP contribution in [0.25, 0.3) is 0 Å². The van der Waals surface area contributed by atoms with Gasteiger partial charge in [-0.2, -0.15) is 0 Å². The predicted octanol–water partition coefficient (Wildman–Crippen LogP) is 0.875. The van der Waals surface area contributed by atoms with Crippen molar-refractivity contribution in [3.05, 3.63) is 11.9 Å². The summed E-state index contributed by atoms with van der Waals surface area (Å²) in [7, 11) is 4.37. The molecule has 20 heavy (non-hydrogen) atoms. The quantitative estimate of drug-likeness (QED) is 0.834. The summed E-state index contributed by atoms with van der Waals surface area (Å²) in [4.78, 5) is 13.4. The summed E-state index contributed by atoms with van der Waals surface area (Å²) in [6.07, 6.45) is 1.62. The molecule has 1 saturated heterocycles. The number of aromatic nitrogens is 2. The van der Waals surface area contributed by atoms with Gasteiger partial charge in [-0.15, -0.1) is 0 Å². The molecule has 1 unspecified atom stereocenters. The van der Waals surface area contributed by atoms with Crippen molar-refractivity contribution in [3.8, 4) is 0 Å². The fourth-order valence-corrected chi connectivity index (χ4v) is 2.51. The van der Waals surface area contributed by atoms with Gasteiger partial charge in [0.25, 0.3) is 0 Å². The summed E-state index contributed by atoms with van der Waals surface area (Å²) in [5, 5.41) is 6.73. The first kappa shape index (κ1) is 15.0. The summed E-state index contributed by atoms with van der Waals surface area (Å²) >= 11 is 0. The molecule has 0 bridgehead atoms. The van der Waals surface area contributed by atoms with Crippen LogP contribution in [0.4, 0.5) is 11.6 Å². The molecule has 112 valence electrons. The summed E-state index contributed by atoms with van der Waals surface area (Å²) in [5.74, 6) is 1.84. The Morgan fingerprint density at radius 2 is 1.90 bits per heavy atom. The molecule has 0 spiro atoms. The number of piperazine rings is 1. The first-order chi connectivity index (χ1) is 9.61. The second-order valence-electron chi connectivity index (χ2n) is 5.50. The zero-order valence-electron chi connectivity index (χ0n) is 13.0. The van der Waals surface area contributed by atoms with E-state index < -0.39 is 0 Å². The molecule has 6 nitrogen and oxygen atoms in total. The molecule has 1 aliphatic heterocycles. The van der Waals surface area contributed by atoms with Gasteiger partial charge in [0, 0.05) is 44.3 Å². The number of anilines is 2. The molecular weight excluding hydrogens is 252 g/mol. The van der Waals surface area contributed by atoms with Crippen LogP contribution in [-0.4, -0.2) is 72.6 Å². The van der Waals surface area contributed by atoms with Crippen LogP contribution >= 0.6 is 0 Å². The summed E-state index contributed by atoms with van der Waals surface area (Å²) in [5.41, 5.74) is 1.08. The highest BCUT2D eigenvalue weighted by atomic mass is 15.3. The number of likely N-dealkylation sites (N-methyl/N-ethyl adjacent to an activating group) is 2. The van der Waals surface area contributed by atoms with E-state index in [0.29, 0.717) is 6.04 Å². The van der Waals surface area contributed by atoms with E-state index in [9.17, 15) is 0 Å². The molecule has 6 heteroatoms. The van der Waals surface area contributed by atoms with Crippen molar-refractivity contribution in [2.45, 2.75) is 19.9 Å². The van der Waals surface area contributed by atoms with E-state index in [4.69, 9.17) is 0 Å². The van der Waals surface area contributed by atoms with Gasteiger partial charge in [0.05, 0.1) is 0 Å². The first-order valence-electron chi connectivity index (χ1n) is 7.30. The van der Waals surface area contributed by atoms with E-state index >= 15 is 0 Å². The highest BCUT2D eigenvalue weighted by molar-refractivity contribution is 5.56. The molecule has 2 heterocycles. The van der Waals surface area contributed by atoms with E-state index in [0.717, 1.165) is 49.9 Å². The molecule has 1 atom stereocenters. The molecule has 2 N–H and O–H groups in total. The van der Waals surface area contributed by atoms with Gasteiger partial charge in [-0.25, -0.2) is 9.97 Å². The van der Waals surface area contributed by atoms with Crippen LogP contribution in [0, 0.1) is 6.92 Å². The van der Waals surface area contributed by atoms with Crippen molar-refractivity contribution < 1.29 is 0 Å². The zero-order valence-corrected chi connectivity index (χ0v) is 13.0. The smallest absolute Gasteiger partial charge is 0.134 e. The number of hydrogen-bond acceptors (Lipinski definition) is 6. The number of hydrogen-bond donors (Lipinski definition) is 2. The molecule has 1 aromatic heterocycles. The largest absolute Gasteiger partial charge is 0.370 e. The van der Waals surface area contributed by atoms with E-state index in [1.165, 1.54) is 0 Å². The molecule has 0 aromatic carbocycles. The van der Waals surface area contributed by atoms with Gasteiger partial charge < -0.3 is 15.5 Å². The van der Waals surface area contributed by atoms with Crippen molar-refractivity contribution in [1.29, 1.82) is 0 Å². The van der Waals surface area contributed by atoms with Crippen LogP contribution in [0.15, 0.2) is 6.33 Å². The highest BCUT2D eigenvalue weighted by Gasteiger charge is 2.22. The second kappa shape index (κ2) is 6.85. The van der Waals surface area contributed by atoms with Crippen LogP contribution in [0.2, 0.25) is 0 Å². The Labute approximate surface area is 121 Å². The van der Waals surface area contributed by atoms with Crippen LogP contribution < -0.4 is 10.6 Å². The lowest BCUT2D eigenvalue weighted by Crippen LogP contribution is -2.52. The third-order valence-corrected chi connectivity index (χ3v) is 3.91.